The van der Waals surface area contributed by atoms with E-state index in [-0.39, 0.29) is 18.6 Å². The van der Waals surface area contributed by atoms with Crippen molar-refractivity contribution in [1.29, 1.82) is 0 Å². The highest BCUT2D eigenvalue weighted by Crippen LogP contribution is 1.93. The minimum atomic E-state index is -0.363. The van der Waals surface area contributed by atoms with Crippen LogP contribution >= 0.6 is 0 Å². The number of hydrogen-bond acceptors (Lipinski definition) is 4. The lowest BCUT2D eigenvalue weighted by Gasteiger charge is -2.10. The zero-order chi connectivity index (χ0) is 11.5. The van der Waals surface area contributed by atoms with Gasteiger partial charge in [0.05, 0.1) is 19.3 Å². The Morgan fingerprint density at radius 1 is 1.40 bits per heavy atom. The molecule has 0 aromatic heterocycles. The van der Waals surface area contributed by atoms with Gasteiger partial charge in [0, 0.05) is 6.54 Å². The monoisotopic (exact) mass is 217 g/mol. The van der Waals surface area contributed by atoms with E-state index in [0.29, 0.717) is 13.2 Å². The molecule has 0 bridgehead atoms. The van der Waals surface area contributed by atoms with Crippen molar-refractivity contribution in [3.8, 4) is 0 Å². The molecule has 1 atom stereocenters. The highest BCUT2D eigenvalue weighted by Gasteiger charge is 2.05. The summed E-state index contributed by atoms with van der Waals surface area (Å²) in [7, 11) is 0. The molecule has 1 unspecified atom stereocenters. The van der Waals surface area contributed by atoms with Gasteiger partial charge in [-0.1, -0.05) is 26.7 Å². The summed E-state index contributed by atoms with van der Waals surface area (Å²) in [4.78, 5) is 11.1. The predicted octanol–water partition coefficient (Wildman–Crippen LogP) is 1.08. The van der Waals surface area contributed by atoms with E-state index in [9.17, 15) is 9.90 Å². The molecular formula is C11H23NO3. The summed E-state index contributed by atoms with van der Waals surface area (Å²) in [5.74, 6) is -0.243. The van der Waals surface area contributed by atoms with Gasteiger partial charge in [0.2, 0.25) is 0 Å². The van der Waals surface area contributed by atoms with E-state index in [1.54, 1.807) is 0 Å². The average Bonchev–Trinajstić information content (AvgIpc) is 2.18. The normalized spacial score (nSPS) is 12.5. The van der Waals surface area contributed by atoms with Gasteiger partial charge in [0.15, 0.2) is 0 Å². The first-order valence-electron chi connectivity index (χ1n) is 5.75. The third-order valence-electron chi connectivity index (χ3n) is 2.03. The number of carbonyl (C=O) groups is 1. The molecule has 0 amide bonds. The maximum absolute atomic E-state index is 11.1. The summed E-state index contributed by atoms with van der Waals surface area (Å²) in [5, 5.41) is 12.2. The topological polar surface area (TPSA) is 58.6 Å². The molecule has 90 valence electrons. The third-order valence-corrected chi connectivity index (χ3v) is 2.03. The van der Waals surface area contributed by atoms with Crippen LogP contribution in [0, 0.1) is 0 Å². The molecule has 4 heteroatoms. The second-order valence-electron chi connectivity index (χ2n) is 3.65. The first-order valence-corrected chi connectivity index (χ1v) is 5.75. The Hall–Kier alpha value is -0.610. The highest BCUT2D eigenvalue weighted by molar-refractivity contribution is 5.71. The van der Waals surface area contributed by atoms with Crippen LogP contribution in [0.2, 0.25) is 0 Å². The lowest BCUT2D eigenvalue weighted by molar-refractivity contribution is -0.142. The summed E-state index contributed by atoms with van der Waals surface area (Å²) in [6.07, 6.45) is 3.28. The molecule has 0 aromatic carbocycles. The van der Waals surface area contributed by atoms with Crippen molar-refractivity contribution in [2.24, 2.45) is 0 Å². The minimum absolute atomic E-state index is 0.185. The van der Waals surface area contributed by atoms with Crippen molar-refractivity contribution in [2.45, 2.75) is 45.6 Å². The molecule has 0 fully saturated rings. The Labute approximate surface area is 92.0 Å². The van der Waals surface area contributed by atoms with E-state index in [1.807, 2.05) is 13.8 Å². The van der Waals surface area contributed by atoms with Crippen LogP contribution in [0.4, 0.5) is 0 Å². The Balaban J connectivity index is 3.30. The summed E-state index contributed by atoms with van der Waals surface area (Å²) in [5.41, 5.74) is 0. The van der Waals surface area contributed by atoms with Gasteiger partial charge in [0.25, 0.3) is 0 Å². The molecule has 2 N–H and O–H groups in total. The molecule has 0 aliphatic rings. The van der Waals surface area contributed by atoms with Crippen LogP contribution in [0.3, 0.4) is 0 Å². The van der Waals surface area contributed by atoms with Gasteiger partial charge in [-0.25, -0.2) is 0 Å². The number of carbonyl (C=O) groups excluding carboxylic acids is 1. The Bertz CT molecular complexity index is 162. The van der Waals surface area contributed by atoms with Gasteiger partial charge in [-0.15, -0.1) is 0 Å². The number of nitrogens with one attached hydrogen (secondary N) is 1. The molecule has 0 saturated heterocycles. The lowest BCUT2D eigenvalue weighted by Crippen LogP contribution is -2.32. The van der Waals surface area contributed by atoms with E-state index in [4.69, 9.17) is 4.74 Å². The molecule has 15 heavy (non-hydrogen) atoms. The number of unbranched alkanes of at least 4 members (excludes halogenated alkanes) is 1. The Kier molecular flexibility index (Phi) is 9.52. The maximum atomic E-state index is 11.1. The second-order valence-corrected chi connectivity index (χ2v) is 3.65. The maximum Gasteiger partial charge on any atom is 0.319 e. The first-order chi connectivity index (χ1) is 7.20. The number of esters is 1. The lowest BCUT2D eigenvalue weighted by atomic mass is 10.2. The van der Waals surface area contributed by atoms with E-state index in [0.717, 1.165) is 25.7 Å². The van der Waals surface area contributed by atoms with E-state index >= 15 is 0 Å². The zero-order valence-corrected chi connectivity index (χ0v) is 9.79. The first kappa shape index (κ1) is 14.4. The van der Waals surface area contributed by atoms with E-state index in [2.05, 4.69) is 5.32 Å². The van der Waals surface area contributed by atoms with Gasteiger partial charge >= 0.3 is 5.97 Å². The number of ether oxygens (including phenoxy) is 1. The number of hydrogen-bond donors (Lipinski definition) is 2. The standard InChI is InChI=1S/C11H23NO3/c1-3-5-7-15-11(14)9-12-8-10(13)6-4-2/h10,12-13H,3-9H2,1-2H3. The van der Waals surface area contributed by atoms with Gasteiger partial charge in [0.1, 0.15) is 0 Å². The van der Waals surface area contributed by atoms with Crippen molar-refractivity contribution in [3.05, 3.63) is 0 Å². The average molecular weight is 217 g/mol. The number of aliphatic hydroxyl groups excluding tert-OH is 1. The molecule has 0 aromatic rings. The Morgan fingerprint density at radius 3 is 2.73 bits per heavy atom. The predicted molar refractivity (Wildman–Crippen MR) is 59.7 cm³/mol. The van der Waals surface area contributed by atoms with Crippen molar-refractivity contribution >= 4 is 5.97 Å². The molecule has 0 aliphatic heterocycles. The van der Waals surface area contributed by atoms with Crippen LogP contribution in [0.1, 0.15) is 39.5 Å². The van der Waals surface area contributed by atoms with Crippen molar-refractivity contribution in [1.82, 2.24) is 5.32 Å². The summed E-state index contributed by atoms with van der Waals surface area (Å²) >= 11 is 0. The molecule has 4 nitrogen and oxygen atoms in total. The van der Waals surface area contributed by atoms with Crippen LogP contribution in [-0.4, -0.2) is 36.9 Å². The van der Waals surface area contributed by atoms with Crippen LogP contribution in [-0.2, 0) is 9.53 Å². The largest absolute Gasteiger partial charge is 0.465 e. The number of rotatable bonds is 9. The summed E-state index contributed by atoms with van der Waals surface area (Å²) in [6.45, 7) is 5.20. The van der Waals surface area contributed by atoms with Crippen LogP contribution in [0.25, 0.3) is 0 Å². The fourth-order valence-corrected chi connectivity index (χ4v) is 1.16. The van der Waals surface area contributed by atoms with Gasteiger partial charge < -0.3 is 15.2 Å². The van der Waals surface area contributed by atoms with Crippen molar-refractivity contribution in [2.75, 3.05) is 19.7 Å². The molecular weight excluding hydrogens is 194 g/mol. The minimum Gasteiger partial charge on any atom is -0.465 e. The van der Waals surface area contributed by atoms with Gasteiger partial charge in [-0.05, 0) is 12.8 Å². The van der Waals surface area contributed by atoms with Gasteiger partial charge in [-0.3, -0.25) is 4.79 Å². The molecule has 0 radical (unpaired) electrons. The molecule has 0 rings (SSSR count). The molecule has 0 aliphatic carbocycles. The van der Waals surface area contributed by atoms with Crippen LogP contribution in [0.5, 0.6) is 0 Å². The molecule has 0 spiro atoms. The Morgan fingerprint density at radius 2 is 2.13 bits per heavy atom. The molecule has 0 heterocycles. The smallest absolute Gasteiger partial charge is 0.319 e. The number of aliphatic hydroxyl groups is 1. The molecule has 0 saturated carbocycles. The summed E-state index contributed by atoms with van der Waals surface area (Å²) < 4.78 is 4.94. The van der Waals surface area contributed by atoms with E-state index in [1.165, 1.54) is 0 Å². The SMILES string of the molecule is CCCCOC(=O)CNCC(O)CCC. The van der Waals surface area contributed by atoms with Crippen molar-refractivity contribution < 1.29 is 14.6 Å². The van der Waals surface area contributed by atoms with E-state index < -0.39 is 0 Å². The fraction of sp³-hybridized carbons (Fsp3) is 0.909. The van der Waals surface area contributed by atoms with Crippen LogP contribution < -0.4 is 5.32 Å². The third kappa shape index (κ3) is 9.69. The zero-order valence-electron chi connectivity index (χ0n) is 9.79. The van der Waals surface area contributed by atoms with Crippen LogP contribution in [0.15, 0.2) is 0 Å². The quantitative estimate of drug-likeness (QED) is 0.448. The fourth-order valence-electron chi connectivity index (χ4n) is 1.16. The van der Waals surface area contributed by atoms with Gasteiger partial charge in [-0.2, -0.15) is 0 Å². The summed E-state index contributed by atoms with van der Waals surface area (Å²) in [6, 6.07) is 0. The second kappa shape index (κ2) is 9.93. The highest BCUT2D eigenvalue weighted by atomic mass is 16.5. The van der Waals surface area contributed by atoms with Crippen molar-refractivity contribution in [3.63, 3.8) is 0 Å².